The van der Waals surface area contributed by atoms with Crippen LogP contribution in [0.25, 0.3) is 5.82 Å². The summed E-state index contributed by atoms with van der Waals surface area (Å²) < 4.78 is 21.8. The van der Waals surface area contributed by atoms with Gasteiger partial charge in [0, 0.05) is 19.6 Å². The smallest absolute Gasteiger partial charge is 0.336 e. The lowest BCUT2D eigenvalue weighted by molar-refractivity contribution is -0.142. The zero-order valence-corrected chi connectivity index (χ0v) is 18.0. The van der Waals surface area contributed by atoms with E-state index in [0.29, 0.717) is 48.7 Å². The van der Waals surface area contributed by atoms with Crippen LogP contribution in [0.5, 0.6) is 0 Å². The fourth-order valence-electron chi connectivity index (χ4n) is 4.72. The highest BCUT2D eigenvalue weighted by molar-refractivity contribution is 5.94. The monoisotopic (exact) mass is 458 g/mol. The third kappa shape index (κ3) is 3.66. The predicted molar refractivity (Wildman–Crippen MR) is 108 cm³/mol. The van der Waals surface area contributed by atoms with Crippen LogP contribution in [0.1, 0.15) is 31.6 Å². The second-order valence-corrected chi connectivity index (χ2v) is 8.56. The summed E-state index contributed by atoms with van der Waals surface area (Å²) in [6.07, 6.45) is 2.62. The Labute approximate surface area is 188 Å². The number of aliphatic hydroxyl groups is 1. The van der Waals surface area contributed by atoms with Crippen molar-refractivity contribution < 1.29 is 23.8 Å². The zero-order chi connectivity index (χ0) is 23.2. The van der Waals surface area contributed by atoms with Crippen LogP contribution in [-0.4, -0.2) is 95.9 Å². The normalized spacial score (nSPS) is 27.0. The summed E-state index contributed by atoms with van der Waals surface area (Å²) in [6, 6.07) is 0. The first kappa shape index (κ1) is 21.5. The molecule has 1 amide bonds. The Bertz CT molecular complexity index is 1090. The molecule has 5 rings (SSSR count). The highest BCUT2D eigenvalue weighted by atomic mass is 19.1. The van der Waals surface area contributed by atoms with E-state index in [9.17, 15) is 14.7 Å². The number of hydrogen-bond acceptors (Lipinski definition) is 10. The van der Waals surface area contributed by atoms with Crippen LogP contribution in [0.2, 0.25) is 0 Å². The molecule has 0 aliphatic carbocycles. The van der Waals surface area contributed by atoms with Crippen LogP contribution in [0.3, 0.4) is 0 Å². The van der Waals surface area contributed by atoms with Crippen LogP contribution in [0.15, 0.2) is 30.0 Å². The van der Waals surface area contributed by atoms with Gasteiger partial charge in [0.15, 0.2) is 5.82 Å². The molecule has 13 heteroatoms. The third-order valence-electron chi connectivity index (χ3n) is 6.76. The van der Waals surface area contributed by atoms with Crippen LogP contribution in [-0.2, 0) is 14.3 Å². The Kier molecular flexibility index (Phi) is 5.37. The number of aliphatic hydroxyl groups excluding tert-OH is 1. The minimum Gasteiger partial charge on any atom is -0.456 e. The molecular formula is C20H23FN8O4. The number of amides is 1. The average Bonchev–Trinajstić information content (AvgIpc) is 3.54. The number of nitrogens with zero attached hydrogens (tertiary/aromatic N) is 8. The second-order valence-electron chi connectivity index (χ2n) is 8.56. The summed E-state index contributed by atoms with van der Waals surface area (Å²) in [7, 11) is 0. The predicted octanol–water partition coefficient (Wildman–Crippen LogP) is -0.421. The minimum absolute atomic E-state index is 0.0280. The highest BCUT2D eigenvalue weighted by Crippen LogP contribution is 2.45. The maximum atomic E-state index is 15.4. The summed E-state index contributed by atoms with van der Waals surface area (Å²) in [6.45, 7) is 2.70. The number of carbonyl (C=O) groups is 2. The molecule has 3 atom stereocenters. The molecule has 0 aromatic carbocycles. The topological polar surface area (TPSA) is 139 Å². The molecule has 174 valence electrons. The van der Waals surface area contributed by atoms with E-state index < -0.39 is 23.7 Å². The van der Waals surface area contributed by atoms with Crippen molar-refractivity contribution in [3.05, 3.63) is 35.7 Å². The van der Waals surface area contributed by atoms with Gasteiger partial charge in [0.1, 0.15) is 25.2 Å². The van der Waals surface area contributed by atoms with Crippen molar-refractivity contribution in [3.8, 4) is 5.82 Å². The molecule has 2 aromatic rings. The number of halogens is 1. The maximum absolute atomic E-state index is 15.4. The van der Waals surface area contributed by atoms with E-state index in [1.807, 2.05) is 0 Å². The summed E-state index contributed by atoms with van der Waals surface area (Å²) in [5.41, 5.74) is 0.186. The molecule has 33 heavy (non-hydrogen) atoms. The first-order chi connectivity index (χ1) is 15.9. The van der Waals surface area contributed by atoms with E-state index in [4.69, 9.17) is 4.74 Å². The van der Waals surface area contributed by atoms with Crippen molar-refractivity contribution in [2.75, 3.05) is 32.8 Å². The number of ether oxygens (including phenoxy) is 1. The third-order valence-corrected chi connectivity index (χ3v) is 6.76. The SMILES string of the molecule is CC1=C(N2CCC3(CCN(C[C@H](O)c4cnc(-n5cnnn5)cn4)CC3F)C2=O)COC1=O. The van der Waals surface area contributed by atoms with Crippen molar-refractivity contribution in [1.29, 1.82) is 0 Å². The van der Waals surface area contributed by atoms with Gasteiger partial charge in [-0.3, -0.25) is 14.7 Å². The standard InChI is InChI=1S/C20H23FN8O4/c1-12-14(10-33-18(12)31)28-5-3-20(19(28)32)2-4-27(9-16(20)21)8-15(30)13-6-23-17(7-22-13)29-11-24-25-26-29/h6-7,11,15-16,30H,2-5,8-10H2,1H3/t15-,16?,20?/m0/s1. The number of esters is 1. The van der Waals surface area contributed by atoms with Gasteiger partial charge in [-0.05, 0) is 36.7 Å². The molecule has 12 nitrogen and oxygen atoms in total. The van der Waals surface area contributed by atoms with Gasteiger partial charge in [-0.25, -0.2) is 14.2 Å². The van der Waals surface area contributed by atoms with Gasteiger partial charge in [0.05, 0.1) is 34.8 Å². The number of cyclic esters (lactones) is 1. The molecule has 2 saturated heterocycles. The van der Waals surface area contributed by atoms with E-state index in [-0.39, 0.29) is 25.6 Å². The lowest BCUT2D eigenvalue weighted by Gasteiger charge is -2.41. The molecule has 3 aliphatic heterocycles. The van der Waals surface area contributed by atoms with E-state index in [0.717, 1.165) is 0 Å². The van der Waals surface area contributed by atoms with Gasteiger partial charge in [0.2, 0.25) is 5.91 Å². The number of rotatable bonds is 5. The Morgan fingerprint density at radius 3 is 2.73 bits per heavy atom. The maximum Gasteiger partial charge on any atom is 0.336 e. The number of tetrazole rings is 1. The fourth-order valence-corrected chi connectivity index (χ4v) is 4.72. The van der Waals surface area contributed by atoms with Crippen molar-refractivity contribution in [3.63, 3.8) is 0 Å². The van der Waals surface area contributed by atoms with Crippen LogP contribution in [0.4, 0.5) is 4.39 Å². The second kappa shape index (κ2) is 8.23. The molecule has 2 aromatic heterocycles. The molecule has 5 heterocycles. The lowest BCUT2D eigenvalue weighted by Crippen LogP contribution is -2.53. The number of carbonyl (C=O) groups excluding carboxylic acids is 2. The van der Waals surface area contributed by atoms with Crippen LogP contribution < -0.4 is 0 Å². The summed E-state index contributed by atoms with van der Waals surface area (Å²) in [4.78, 5) is 36.6. The van der Waals surface area contributed by atoms with Crippen LogP contribution in [0, 0.1) is 5.41 Å². The molecular weight excluding hydrogens is 435 g/mol. The highest BCUT2D eigenvalue weighted by Gasteiger charge is 2.56. The molecule has 2 unspecified atom stereocenters. The van der Waals surface area contributed by atoms with Gasteiger partial charge >= 0.3 is 5.97 Å². The number of β-amino-alcohol motifs (C(OH)–C–C–N with tert-alkyl or cyclic N) is 1. The van der Waals surface area contributed by atoms with Gasteiger partial charge in [-0.2, -0.15) is 4.68 Å². The van der Waals surface area contributed by atoms with Crippen molar-refractivity contribution in [1.82, 2.24) is 40.0 Å². The van der Waals surface area contributed by atoms with Gasteiger partial charge in [0.25, 0.3) is 0 Å². The van der Waals surface area contributed by atoms with Crippen molar-refractivity contribution in [2.24, 2.45) is 5.41 Å². The average molecular weight is 458 g/mol. The van der Waals surface area contributed by atoms with Crippen molar-refractivity contribution >= 4 is 11.9 Å². The molecule has 1 spiro atoms. The number of likely N-dealkylation sites (tertiary alicyclic amines) is 2. The summed E-state index contributed by atoms with van der Waals surface area (Å²) in [5.74, 6) is -0.316. The van der Waals surface area contributed by atoms with Gasteiger partial charge in [-0.1, -0.05) is 0 Å². The molecule has 0 radical (unpaired) electrons. The van der Waals surface area contributed by atoms with E-state index in [2.05, 4.69) is 25.5 Å². The summed E-state index contributed by atoms with van der Waals surface area (Å²) >= 11 is 0. The van der Waals surface area contributed by atoms with E-state index in [1.165, 1.54) is 28.3 Å². The molecule has 3 aliphatic rings. The molecule has 1 N–H and O–H groups in total. The number of aromatic nitrogens is 6. The summed E-state index contributed by atoms with van der Waals surface area (Å²) in [5, 5.41) is 21.4. The minimum atomic E-state index is -1.39. The van der Waals surface area contributed by atoms with Crippen molar-refractivity contribution in [2.45, 2.75) is 32.0 Å². The molecule has 2 fully saturated rings. The first-order valence-electron chi connectivity index (χ1n) is 10.7. The fraction of sp³-hybridized carbons (Fsp3) is 0.550. The molecule has 0 bridgehead atoms. The lowest BCUT2D eigenvalue weighted by atomic mass is 9.75. The first-order valence-corrected chi connectivity index (χ1v) is 10.7. The number of alkyl halides is 1. The largest absolute Gasteiger partial charge is 0.456 e. The quantitative estimate of drug-likeness (QED) is 0.588. The number of piperidine rings is 1. The Hall–Kier alpha value is -3.32. The Morgan fingerprint density at radius 1 is 1.27 bits per heavy atom. The molecule has 0 saturated carbocycles. The Balaban J connectivity index is 1.22. The van der Waals surface area contributed by atoms with Crippen LogP contribution >= 0.6 is 0 Å². The zero-order valence-electron chi connectivity index (χ0n) is 18.0. The Morgan fingerprint density at radius 2 is 2.09 bits per heavy atom. The van der Waals surface area contributed by atoms with E-state index >= 15 is 4.39 Å². The van der Waals surface area contributed by atoms with Gasteiger partial charge < -0.3 is 14.7 Å². The van der Waals surface area contributed by atoms with E-state index in [1.54, 1.807) is 11.8 Å². The van der Waals surface area contributed by atoms with Gasteiger partial charge in [-0.15, -0.1) is 5.10 Å². The number of hydrogen-bond donors (Lipinski definition) is 1.